The molecule has 1 fully saturated rings. The highest BCUT2D eigenvalue weighted by molar-refractivity contribution is 5.82. The number of hydrogen-bond acceptors (Lipinski definition) is 1. The van der Waals surface area contributed by atoms with Gasteiger partial charge in [-0.25, -0.2) is 0 Å². The Morgan fingerprint density at radius 1 is 1.59 bits per heavy atom. The number of ketones is 1. The first-order chi connectivity index (χ1) is 8.07. The van der Waals surface area contributed by atoms with Crippen LogP contribution in [0, 0.1) is 11.3 Å². The quantitative estimate of drug-likeness (QED) is 0.664. The van der Waals surface area contributed by atoms with Gasteiger partial charge in [-0.3, -0.25) is 4.79 Å². The molecule has 0 saturated heterocycles. The molecule has 0 aromatic carbocycles. The Morgan fingerprint density at radius 3 is 3.06 bits per heavy atom. The smallest absolute Gasteiger partial charge is 0.137 e. The summed E-state index contributed by atoms with van der Waals surface area (Å²) >= 11 is 0. The van der Waals surface area contributed by atoms with Gasteiger partial charge in [0, 0.05) is 12.8 Å². The fourth-order valence-corrected chi connectivity index (χ4v) is 3.38. The number of allylic oxidation sites excluding steroid dienone is 4. The maximum atomic E-state index is 12.0. The molecule has 2 aliphatic rings. The first-order valence-electron chi connectivity index (χ1n) is 6.55. The highest BCUT2D eigenvalue weighted by Gasteiger charge is 2.41. The number of hydrogen-bond donors (Lipinski definition) is 0. The Bertz CT molecular complexity index is 388. The van der Waals surface area contributed by atoms with E-state index < -0.39 is 0 Å². The Hall–Kier alpha value is -1.11. The predicted octanol–water partition coefficient (Wildman–Crippen LogP) is 4.21. The van der Waals surface area contributed by atoms with E-state index in [0.717, 1.165) is 31.3 Å². The van der Waals surface area contributed by atoms with Gasteiger partial charge in [-0.1, -0.05) is 29.9 Å². The number of carbonyl (C=O) groups excluding carboxylic acids is 1. The zero-order valence-corrected chi connectivity index (χ0v) is 10.8. The topological polar surface area (TPSA) is 17.1 Å². The molecule has 17 heavy (non-hydrogen) atoms. The van der Waals surface area contributed by atoms with Crippen LogP contribution in [-0.2, 0) is 4.79 Å². The molecule has 0 aromatic rings. The molecule has 2 rings (SSSR count). The van der Waals surface area contributed by atoms with Crippen LogP contribution in [0.25, 0.3) is 0 Å². The molecule has 0 N–H and O–H groups in total. The number of rotatable bonds is 3. The second-order valence-corrected chi connectivity index (χ2v) is 5.68. The monoisotopic (exact) mass is 230 g/mol. The number of carbonyl (C=O) groups is 1. The molecule has 2 atom stereocenters. The summed E-state index contributed by atoms with van der Waals surface area (Å²) in [6.07, 6.45) is 9.87. The summed E-state index contributed by atoms with van der Waals surface area (Å²) in [5.74, 6) is 0.895. The minimum absolute atomic E-state index is 0.105. The molecule has 1 heteroatoms. The SMILES string of the molecule is C=CCC[C@]12CC(=O)CC(=C)[C@H](CC=C1C)C2. The Balaban J connectivity index is 2.33. The highest BCUT2D eigenvalue weighted by atomic mass is 16.1. The molecule has 1 nitrogen and oxygen atoms in total. The summed E-state index contributed by atoms with van der Waals surface area (Å²) in [6, 6.07) is 0. The zero-order valence-electron chi connectivity index (χ0n) is 10.8. The van der Waals surface area contributed by atoms with E-state index in [1.54, 1.807) is 0 Å². The first-order valence-corrected chi connectivity index (χ1v) is 6.55. The van der Waals surface area contributed by atoms with Gasteiger partial charge < -0.3 is 0 Å². The number of Topliss-reactive ketones (excluding diaryl/α,β-unsaturated/α-hetero) is 1. The molecular weight excluding hydrogens is 208 g/mol. The molecule has 0 unspecified atom stereocenters. The van der Waals surface area contributed by atoms with Gasteiger partial charge in [-0.05, 0) is 43.9 Å². The van der Waals surface area contributed by atoms with E-state index in [2.05, 4.69) is 26.2 Å². The third-order valence-electron chi connectivity index (χ3n) is 4.55. The molecule has 0 radical (unpaired) electrons. The van der Waals surface area contributed by atoms with Crippen molar-refractivity contribution in [2.75, 3.05) is 0 Å². The van der Waals surface area contributed by atoms with Crippen LogP contribution in [0.15, 0.2) is 36.5 Å². The summed E-state index contributed by atoms with van der Waals surface area (Å²) in [6.45, 7) is 10.1. The van der Waals surface area contributed by atoms with Crippen LogP contribution in [-0.4, -0.2) is 5.78 Å². The molecule has 0 aromatic heterocycles. The molecule has 0 spiro atoms. The third-order valence-corrected chi connectivity index (χ3v) is 4.55. The van der Waals surface area contributed by atoms with Crippen LogP contribution < -0.4 is 0 Å². The lowest BCUT2D eigenvalue weighted by molar-refractivity contribution is -0.120. The van der Waals surface area contributed by atoms with Gasteiger partial charge >= 0.3 is 0 Å². The van der Waals surface area contributed by atoms with Crippen molar-refractivity contribution < 1.29 is 4.79 Å². The molecule has 0 heterocycles. The lowest BCUT2D eigenvalue weighted by Crippen LogP contribution is -2.29. The van der Waals surface area contributed by atoms with E-state index in [0.29, 0.717) is 24.5 Å². The van der Waals surface area contributed by atoms with E-state index in [1.807, 2.05) is 6.08 Å². The van der Waals surface area contributed by atoms with Gasteiger partial charge in [0.25, 0.3) is 0 Å². The maximum absolute atomic E-state index is 12.0. The summed E-state index contributed by atoms with van der Waals surface area (Å²) < 4.78 is 0. The average molecular weight is 230 g/mol. The van der Waals surface area contributed by atoms with Crippen LogP contribution in [0.5, 0.6) is 0 Å². The maximum Gasteiger partial charge on any atom is 0.137 e. The molecule has 0 aliphatic heterocycles. The minimum Gasteiger partial charge on any atom is -0.299 e. The summed E-state index contributed by atoms with van der Waals surface area (Å²) in [4.78, 5) is 12.0. The molecule has 1 saturated carbocycles. The second-order valence-electron chi connectivity index (χ2n) is 5.68. The normalized spacial score (nSPS) is 33.0. The average Bonchev–Trinajstić information content (AvgIpc) is 2.38. The van der Waals surface area contributed by atoms with Gasteiger partial charge in [-0.2, -0.15) is 0 Å². The second kappa shape index (κ2) is 4.64. The van der Waals surface area contributed by atoms with Gasteiger partial charge in [0.15, 0.2) is 0 Å². The molecule has 2 bridgehead atoms. The highest BCUT2D eigenvalue weighted by Crippen LogP contribution is 2.50. The van der Waals surface area contributed by atoms with Gasteiger partial charge in [-0.15, -0.1) is 6.58 Å². The van der Waals surface area contributed by atoms with Crippen LogP contribution in [0.4, 0.5) is 0 Å². The summed E-state index contributed by atoms with van der Waals surface area (Å²) in [5, 5.41) is 0. The zero-order chi connectivity index (χ0) is 12.5. The van der Waals surface area contributed by atoms with Crippen molar-refractivity contribution in [1.82, 2.24) is 0 Å². The van der Waals surface area contributed by atoms with E-state index in [9.17, 15) is 4.79 Å². The van der Waals surface area contributed by atoms with Crippen LogP contribution in [0.1, 0.15) is 45.4 Å². The summed E-state index contributed by atoms with van der Waals surface area (Å²) in [5.41, 5.74) is 2.67. The van der Waals surface area contributed by atoms with E-state index in [1.165, 1.54) is 5.57 Å². The predicted molar refractivity (Wildman–Crippen MR) is 71.7 cm³/mol. The fraction of sp³-hybridized carbons (Fsp3) is 0.562. The van der Waals surface area contributed by atoms with E-state index in [-0.39, 0.29) is 5.41 Å². The van der Waals surface area contributed by atoms with Crippen molar-refractivity contribution >= 4 is 5.78 Å². The largest absolute Gasteiger partial charge is 0.299 e. The lowest BCUT2D eigenvalue weighted by Gasteiger charge is -2.39. The van der Waals surface area contributed by atoms with Crippen LogP contribution in [0.2, 0.25) is 0 Å². The number of fused-ring (bicyclic) bond motifs is 2. The van der Waals surface area contributed by atoms with Crippen molar-refractivity contribution in [1.29, 1.82) is 0 Å². The molecular formula is C16H22O. The Kier molecular flexibility index (Phi) is 3.37. The standard InChI is InChI=1S/C16H22O/c1-4-5-8-16-10-14(7-6-13(16)3)12(2)9-15(17)11-16/h4,6,14H,1-2,5,7-11H2,3H3/t14-,16+/m1/s1. The van der Waals surface area contributed by atoms with Gasteiger partial charge in [0.05, 0.1) is 0 Å². The molecule has 0 amide bonds. The van der Waals surface area contributed by atoms with Crippen molar-refractivity contribution in [3.8, 4) is 0 Å². The van der Waals surface area contributed by atoms with Gasteiger partial charge in [0.1, 0.15) is 5.78 Å². The lowest BCUT2D eigenvalue weighted by atomic mass is 9.65. The van der Waals surface area contributed by atoms with Crippen molar-refractivity contribution in [3.05, 3.63) is 36.5 Å². The van der Waals surface area contributed by atoms with E-state index in [4.69, 9.17) is 0 Å². The third kappa shape index (κ3) is 2.29. The Morgan fingerprint density at radius 2 is 2.35 bits per heavy atom. The van der Waals surface area contributed by atoms with Gasteiger partial charge in [0.2, 0.25) is 0 Å². The van der Waals surface area contributed by atoms with Crippen molar-refractivity contribution in [3.63, 3.8) is 0 Å². The summed E-state index contributed by atoms with van der Waals surface area (Å²) in [7, 11) is 0. The first kappa shape index (κ1) is 12.3. The van der Waals surface area contributed by atoms with E-state index >= 15 is 0 Å². The fourth-order valence-electron chi connectivity index (χ4n) is 3.38. The van der Waals surface area contributed by atoms with Crippen LogP contribution in [0.3, 0.4) is 0 Å². The Labute approximate surface area is 104 Å². The minimum atomic E-state index is 0.105. The molecule has 92 valence electrons. The molecule has 2 aliphatic carbocycles. The van der Waals surface area contributed by atoms with Crippen molar-refractivity contribution in [2.24, 2.45) is 11.3 Å². The van der Waals surface area contributed by atoms with Crippen LogP contribution >= 0.6 is 0 Å². The van der Waals surface area contributed by atoms with Crippen molar-refractivity contribution in [2.45, 2.75) is 45.4 Å².